The maximum Gasteiger partial charge on any atom is 0.383 e. The van der Waals surface area contributed by atoms with Crippen molar-refractivity contribution in [3.05, 3.63) is 29.5 Å². The summed E-state index contributed by atoms with van der Waals surface area (Å²) in [5.41, 5.74) is 0.416. The van der Waals surface area contributed by atoms with Gasteiger partial charge in [0, 0.05) is 33.8 Å². The van der Waals surface area contributed by atoms with Crippen LogP contribution >= 0.6 is 0 Å². The van der Waals surface area contributed by atoms with Crippen LogP contribution in [0, 0.1) is 5.21 Å². The van der Waals surface area contributed by atoms with Crippen LogP contribution in [0.4, 0.5) is 0 Å². The molecule has 0 amide bonds. The van der Waals surface area contributed by atoms with Gasteiger partial charge in [0.15, 0.2) is 12.2 Å². The second-order valence-electron chi connectivity index (χ2n) is 7.44. The molecular weight excluding hydrogens is 470 g/mol. The summed E-state index contributed by atoms with van der Waals surface area (Å²) >= 11 is 0. The van der Waals surface area contributed by atoms with Crippen molar-refractivity contribution in [2.75, 3.05) is 6.61 Å². The molecule has 5 atom stereocenters. The van der Waals surface area contributed by atoms with E-state index < -0.39 is 67.2 Å². The summed E-state index contributed by atoms with van der Waals surface area (Å²) in [4.78, 5) is 51.3. The van der Waals surface area contributed by atoms with Crippen molar-refractivity contribution < 1.29 is 52.4 Å². The molecule has 2 aromatic rings. The maximum atomic E-state index is 12.3. The Labute approximate surface area is 198 Å². The van der Waals surface area contributed by atoms with Gasteiger partial charge in [0.2, 0.25) is 12.4 Å². The minimum Gasteiger partial charge on any atom is -0.594 e. The molecule has 35 heavy (non-hydrogen) atoms. The van der Waals surface area contributed by atoms with Crippen molar-refractivity contribution in [1.82, 2.24) is 10.1 Å². The predicted molar refractivity (Wildman–Crippen MR) is 111 cm³/mol. The number of carbonyl (C=O) groups excluding carboxylic acids is 4. The van der Waals surface area contributed by atoms with Crippen molar-refractivity contribution in [3.8, 4) is 6.01 Å². The lowest BCUT2D eigenvalue weighted by Gasteiger charge is -2.43. The molecule has 188 valence electrons. The first-order chi connectivity index (χ1) is 16.5. The molecule has 0 bridgehead atoms. The van der Waals surface area contributed by atoms with E-state index >= 15 is 0 Å². The summed E-state index contributed by atoms with van der Waals surface area (Å²) < 4.78 is 32.3. The molecule has 2 heterocycles. The Morgan fingerprint density at radius 3 is 2.14 bits per heavy atom. The summed E-state index contributed by atoms with van der Waals surface area (Å²) in [7, 11) is 0. The molecule has 0 saturated carbocycles. The maximum absolute atomic E-state index is 12.3. The van der Waals surface area contributed by atoms with Crippen molar-refractivity contribution in [2.24, 2.45) is 0 Å². The lowest BCUT2D eigenvalue weighted by molar-refractivity contribution is -0.644. The number of benzene rings is 1. The smallest absolute Gasteiger partial charge is 0.383 e. The second-order valence-corrected chi connectivity index (χ2v) is 7.44. The number of hydrogen-bond donors (Lipinski definition) is 0. The van der Waals surface area contributed by atoms with Gasteiger partial charge < -0.3 is 33.6 Å². The number of rotatable bonds is 7. The van der Waals surface area contributed by atoms with E-state index in [4.69, 9.17) is 28.4 Å². The standard InChI is InChI=1S/C21H23N3O11/c1-10(25)30-9-16-17(31-11(2)26)18(32-12(3)27)19(33-13(4)28)20(34-16)35-21-22-14-7-5-6-8-15(14)24(29)23-21/h5-8,16-20H,9H2,1-4H3/t16-,17-,18+,19-,20+/m1/s1. The fraction of sp³-hybridized carbons (Fsp3) is 0.476. The summed E-state index contributed by atoms with van der Waals surface area (Å²) in [6.45, 7) is 4.00. The molecule has 1 aliphatic heterocycles. The Hall–Kier alpha value is -4.07. The fourth-order valence-corrected chi connectivity index (χ4v) is 3.41. The zero-order chi connectivity index (χ0) is 25.7. The van der Waals surface area contributed by atoms with Gasteiger partial charge in [0.05, 0.1) is 5.10 Å². The second kappa shape index (κ2) is 10.9. The number of esters is 4. The van der Waals surface area contributed by atoms with E-state index in [0.29, 0.717) is 0 Å². The quantitative estimate of drug-likeness (QED) is 0.213. The number of nitrogens with zero attached hydrogens (tertiary/aromatic N) is 3. The minimum absolute atomic E-state index is 0.168. The average Bonchev–Trinajstić information content (AvgIpc) is 2.75. The molecule has 0 spiro atoms. The lowest BCUT2D eigenvalue weighted by Crippen LogP contribution is -2.63. The van der Waals surface area contributed by atoms with E-state index in [9.17, 15) is 24.4 Å². The number of ether oxygens (including phenoxy) is 6. The Kier molecular flexibility index (Phi) is 7.96. The zero-order valence-electron chi connectivity index (χ0n) is 19.2. The monoisotopic (exact) mass is 493 g/mol. The van der Waals surface area contributed by atoms with Crippen LogP contribution in [0.3, 0.4) is 0 Å². The zero-order valence-corrected chi connectivity index (χ0v) is 19.2. The topological polar surface area (TPSA) is 176 Å². The van der Waals surface area contributed by atoms with Gasteiger partial charge in [-0.1, -0.05) is 12.1 Å². The first-order valence-electron chi connectivity index (χ1n) is 10.4. The van der Waals surface area contributed by atoms with Crippen molar-refractivity contribution in [1.29, 1.82) is 0 Å². The van der Waals surface area contributed by atoms with Gasteiger partial charge in [-0.25, -0.2) is 0 Å². The highest BCUT2D eigenvalue weighted by molar-refractivity contribution is 5.70. The van der Waals surface area contributed by atoms with Gasteiger partial charge in [-0.2, -0.15) is 4.98 Å². The molecule has 0 aliphatic carbocycles. The van der Waals surface area contributed by atoms with Crippen molar-refractivity contribution in [3.63, 3.8) is 0 Å². The summed E-state index contributed by atoms with van der Waals surface area (Å²) in [6, 6.07) is 5.87. The Morgan fingerprint density at radius 2 is 1.51 bits per heavy atom. The van der Waals surface area contributed by atoms with E-state index in [-0.39, 0.29) is 15.9 Å². The van der Waals surface area contributed by atoms with Gasteiger partial charge in [-0.05, 0) is 10.9 Å². The summed E-state index contributed by atoms with van der Waals surface area (Å²) in [6.07, 6.45) is -7.04. The largest absolute Gasteiger partial charge is 0.594 e. The molecule has 14 heteroatoms. The third-order valence-electron chi connectivity index (χ3n) is 4.65. The number of carbonyl (C=O) groups is 4. The van der Waals surface area contributed by atoms with E-state index in [1.807, 2.05) is 0 Å². The molecule has 1 saturated heterocycles. The molecule has 0 radical (unpaired) electrons. The van der Waals surface area contributed by atoms with Crippen LogP contribution in [0.25, 0.3) is 11.0 Å². The van der Waals surface area contributed by atoms with Crippen LogP contribution in [-0.4, -0.2) is 71.3 Å². The molecule has 1 aromatic heterocycles. The van der Waals surface area contributed by atoms with Gasteiger partial charge in [-0.15, -0.1) is 0 Å². The van der Waals surface area contributed by atoms with Crippen molar-refractivity contribution >= 4 is 34.9 Å². The van der Waals surface area contributed by atoms with Gasteiger partial charge in [0.1, 0.15) is 18.2 Å². The van der Waals surface area contributed by atoms with Gasteiger partial charge in [-0.3, -0.25) is 19.2 Å². The molecule has 1 fully saturated rings. The highest BCUT2D eigenvalue weighted by atomic mass is 16.7. The van der Waals surface area contributed by atoms with Gasteiger partial charge in [0.25, 0.3) is 5.52 Å². The molecule has 1 aromatic carbocycles. The molecule has 14 nitrogen and oxygen atoms in total. The molecular formula is C21H23N3O11. The summed E-state index contributed by atoms with van der Waals surface area (Å²) in [5.74, 6) is -3.03. The Balaban J connectivity index is 2.02. The average molecular weight is 493 g/mol. The third kappa shape index (κ3) is 6.50. The fourth-order valence-electron chi connectivity index (χ4n) is 3.41. The van der Waals surface area contributed by atoms with E-state index in [0.717, 1.165) is 27.7 Å². The van der Waals surface area contributed by atoms with Crippen LogP contribution in [0.5, 0.6) is 6.01 Å². The van der Waals surface area contributed by atoms with E-state index in [1.165, 1.54) is 6.07 Å². The number of fused-ring (bicyclic) bond motifs is 1. The first kappa shape index (κ1) is 25.6. The number of para-hydroxylation sites is 2. The van der Waals surface area contributed by atoms with Crippen molar-refractivity contribution in [2.45, 2.75) is 58.4 Å². The van der Waals surface area contributed by atoms with Crippen LogP contribution in [-0.2, 0) is 42.9 Å². The molecule has 0 unspecified atom stereocenters. The first-order valence-corrected chi connectivity index (χ1v) is 10.4. The van der Waals surface area contributed by atoms with Gasteiger partial charge >= 0.3 is 29.9 Å². The van der Waals surface area contributed by atoms with Crippen LogP contribution < -0.4 is 9.58 Å². The molecule has 1 aliphatic rings. The highest BCUT2D eigenvalue weighted by Crippen LogP contribution is 2.30. The Morgan fingerprint density at radius 1 is 0.914 bits per heavy atom. The van der Waals surface area contributed by atoms with E-state index in [2.05, 4.69) is 10.1 Å². The van der Waals surface area contributed by atoms with Crippen LogP contribution in [0.1, 0.15) is 27.7 Å². The normalized spacial score (nSPS) is 23.7. The van der Waals surface area contributed by atoms with Crippen LogP contribution in [0.15, 0.2) is 24.3 Å². The third-order valence-corrected chi connectivity index (χ3v) is 4.65. The minimum atomic E-state index is -1.56. The van der Waals surface area contributed by atoms with E-state index in [1.54, 1.807) is 18.2 Å². The SMILES string of the molecule is CC(=O)OC[C@H]1O[C@@H](Oc2nc3ccccc3[n+]([O-])n2)[C@H](OC(C)=O)[C@@H](OC(C)=O)[C@@H]1OC(C)=O. The Bertz CT molecular complexity index is 1120. The highest BCUT2D eigenvalue weighted by Gasteiger charge is 2.53. The number of hydrogen-bond acceptors (Lipinski definition) is 13. The number of aromatic nitrogens is 3. The summed E-state index contributed by atoms with van der Waals surface area (Å²) in [5, 5.41) is 16.0. The molecule has 3 rings (SSSR count). The van der Waals surface area contributed by atoms with Crippen LogP contribution in [0.2, 0.25) is 0 Å². The lowest BCUT2D eigenvalue weighted by atomic mass is 9.98. The molecule has 0 N–H and O–H groups in total. The predicted octanol–water partition coefficient (Wildman–Crippen LogP) is -0.275.